The molecule has 2 aromatic rings. The number of aryl methyl sites for hydroxylation is 2. The van der Waals surface area contributed by atoms with E-state index in [4.69, 9.17) is 4.74 Å². The van der Waals surface area contributed by atoms with Crippen molar-refractivity contribution in [3.05, 3.63) is 65.2 Å². The molecule has 0 bridgehead atoms. The number of carbonyl (C=O) groups excluding carboxylic acids is 1. The SMILES string of the molecule is Cc1ccc([C@@H](C)NC(=O)CCCOc2ccccc2)c(C)c1. The second kappa shape index (κ2) is 8.37. The van der Waals surface area contributed by atoms with Crippen molar-refractivity contribution in [1.29, 1.82) is 0 Å². The van der Waals surface area contributed by atoms with E-state index in [9.17, 15) is 4.79 Å². The van der Waals surface area contributed by atoms with Gasteiger partial charge in [0, 0.05) is 6.42 Å². The van der Waals surface area contributed by atoms with Crippen LogP contribution in [0.2, 0.25) is 0 Å². The molecule has 1 amide bonds. The minimum Gasteiger partial charge on any atom is -0.494 e. The van der Waals surface area contributed by atoms with Crippen molar-refractivity contribution in [2.45, 2.75) is 39.7 Å². The Labute approximate surface area is 138 Å². The van der Waals surface area contributed by atoms with E-state index in [-0.39, 0.29) is 11.9 Å². The Morgan fingerprint density at radius 1 is 1.13 bits per heavy atom. The zero-order chi connectivity index (χ0) is 16.7. The van der Waals surface area contributed by atoms with E-state index in [1.807, 2.05) is 37.3 Å². The lowest BCUT2D eigenvalue weighted by molar-refractivity contribution is -0.121. The maximum atomic E-state index is 12.0. The fourth-order valence-electron chi connectivity index (χ4n) is 2.64. The molecule has 0 saturated heterocycles. The molecule has 0 saturated carbocycles. The first-order valence-electron chi connectivity index (χ1n) is 8.10. The molecule has 0 aliphatic rings. The summed E-state index contributed by atoms with van der Waals surface area (Å²) in [5.74, 6) is 0.908. The summed E-state index contributed by atoms with van der Waals surface area (Å²) < 4.78 is 5.60. The van der Waals surface area contributed by atoms with Gasteiger partial charge in [-0.2, -0.15) is 0 Å². The van der Waals surface area contributed by atoms with E-state index in [1.54, 1.807) is 0 Å². The highest BCUT2D eigenvalue weighted by molar-refractivity contribution is 5.76. The third kappa shape index (κ3) is 5.44. The first-order chi connectivity index (χ1) is 11.1. The zero-order valence-electron chi connectivity index (χ0n) is 14.1. The van der Waals surface area contributed by atoms with Gasteiger partial charge in [0.15, 0.2) is 0 Å². The van der Waals surface area contributed by atoms with E-state index in [0.717, 1.165) is 5.75 Å². The molecule has 0 aliphatic heterocycles. The number of rotatable bonds is 7. The second-order valence-electron chi connectivity index (χ2n) is 5.91. The van der Waals surface area contributed by atoms with Crippen molar-refractivity contribution in [2.75, 3.05) is 6.61 Å². The average molecular weight is 311 g/mol. The van der Waals surface area contributed by atoms with Crippen LogP contribution in [-0.4, -0.2) is 12.5 Å². The van der Waals surface area contributed by atoms with E-state index < -0.39 is 0 Å². The molecule has 0 aliphatic carbocycles. The van der Waals surface area contributed by atoms with E-state index in [2.05, 4.69) is 37.4 Å². The minimum absolute atomic E-state index is 0.0261. The summed E-state index contributed by atoms with van der Waals surface area (Å²) >= 11 is 0. The van der Waals surface area contributed by atoms with Gasteiger partial charge in [0.2, 0.25) is 5.91 Å². The predicted molar refractivity (Wildman–Crippen MR) is 93.6 cm³/mol. The molecule has 2 aromatic carbocycles. The molecule has 0 unspecified atom stereocenters. The van der Waals surface area contributed by atoms with Gasteiger partial charge in [-0.25, -0.2) is 0 Å². The van der Waals surface area contributed by atoms with Gasteiger partial charge in [-0.1, -0.05) is 42.0 Å². The number of carbonyl (C=O) groups is 1. The molecule has 1 atom stereocenters. The van der Waals surface area contributed by atoms with Gasteiger partial charge in [-0.3, -0.25) is 4.79 Å². The van der Waals surface area contributed by atoms with Crippen LogP contribution in [0.15, 0.2) is 48.5 Å². The molecular formula is C20H25NO2. The van der Waals surface area contributed by atoms with Crippen molar-refractivity contribution < 1.29 is 9.53 Å². The third-order valence-corrected chi connectivity index (χ3v) is 3.83. The Kier molecular flexibility index (Phi) is 6.21. The van der Waals surface area contributed by atoms with Crippen LogP contribution >= 0.6 is 0 Å². The topological polar surface area (TPSA) is 38.3 Å². The van der Waals surface area contributed by atoms with Crippen LogP contribution in [0.3, 0.4) is 0 Å². The Hall–Kier alpha value is -2.29. The molecule has 0 fully saturated rings. The summed E-state index contributed by atoms with van der Waals surface area (Å²) in [7, 11) is 0. The van der Waals surface area contributed by atoms with Crippen molar-refractivity contribution in [3.8, 4) is 5.75 Å². The van der Waals surface area contributed by atoms with Gasteiger partial charge in [-0.05, 0) is 50.5 Å². The largest absolute Gasteiger partial charge is 0.494 e. The summed E-state index contributed by atoms with van der Waals surface area (Å²) in [4.78, 5) is 12.0. The lowest BCUT2D eigenvalue weighted by Gasteiger charge is -2.17. The Bertz CT molecular complexity index is 637. The lowest BCUT2D eigenvalue weighted by atomic mass is 10.0. The van der Waals surface area contributed by atoms with Crippen molar-refractivity contribution >= 4 is 5.91 Å². The molecule has 0 aromatic heterocycles. The van der Waals surface area contributed by atoms with Crippen molar-refractivity contribution in [1.82, 2.24) is 5.32 Å². The highest BCUT2D eigenvalue weighted by Crippen LogP contribution is 2.18. The lowest BCUT2D eigenvalue weighted by Crippen LogP contribution is -2.27. The molecule has 0 radical (unpaired) electrons. The van der Waals surface area contributed by atoms with Gasteiger partial charge in [0.1, 0.15) is 5.75 Å². The maximum absolute atomic E-state index is 12.0. The fourth-order valence-corrected chi connectivity index (χ4v) is 2.64. The molecule has 3 nitrogen and oxygen atoms in total. The van der Waals surface area contributed by atoms with Crippen LogP contribution in [0.4, 0.5) is 0 Å². The average Bonchev–Trinajstić information content (AvgIpc) is 2.52. The molecule has 0 spiro atoms. The molecule has 2 rings (SSSR count). The van der Waals surface area contributed by atoms with Crippen molar-refractivity contribution in [3.63, 3.8) is 0 Å². The van der Waals surface area contributed by atoms with Gasteiger partial charge in [0.05, 0.1) is 12.6 Å². The first-order valence-corrected chi connectivity index (χ1v) is 8.10. The normalized spacial score (nSPS) is 11.8. The van der Waals surface area contributed by atoms with Crippen LogP contribution < -0.4 is 10.1 Å². The highest BCUT2D eigenvalue weighted by atomic mass is 16.5. The summed E-state index contributed by atoms with van der Waals surface area (Å²) in [6.45, 7) is 6.73. The van der Waals surface area contributed by atoms with Crippen LogP contribution in [0.1, 0.15) is 42.5 Å². The summed E-state index contributed by atoms with van der Waals surface area (Å²) in [6, 6.07) is 16.0. The van der Waals surface area contributed by atoms with Gasteiger partial charge >= 0.3 is 0 Å². The van der Waals surface area contributed by atoms with E-state index in [0.29, 0.717) is 19.4 Å². The molecule has 23 heavy (non-hydrogen) atoms. The number of benzene rings is 2. The summed E-state index contributed by atoms with van der Waals surface area (Å²) in [5.41, 5.74) is 3.62. The molecular weight excluding hydrogens is 286 g/mol. The highest BCUT2D eigenvalue weighted by Gasteiger charge is 2.11. The molecule has 0 heterocycles. The van der Waals surface area contributed by atoms with Gasteiger partial charge < -0.3 is 10.1 Å². The van der Waals surface area contributed by atoms with E-state index in [1.165, 1.54) is 16.7 Å². The van der Waals surface area contributed by atoms with Crippen LogP contribution in [0.25, 0.3) is 0 Å². The number of ether oxygens (including phenoxy) is 1. The quantitative estimate of drug-likeness (QED) is 0.772. The first kappa shape index (κ1) is 17.1. The van der Waals surface area contributed by atoms with Crippen LogP contribution in [-0.2, 0) is 4.79 Å². The predicted octanol–water partition coefficient (Wildman–Crippen LogP) is 4.34. The Balaban J connectivity index is 1.74. The summed E-state index contributed by atoms with van der Waals surface area (Å²) in [5, 5.41) is 3.06. The fraction of sp³-hybridized carbons (Fsp3) is 0.350. The maximum Gasteiger partial charge on any atom is 0.220 e. The monoisotopic (exact) mass is 311 g/mol. The zero-order valence-corrected chi connectivity index (χ0v) is 14.1. The number of amides is 1. The Morgan fingerprint density at radius 2 is 1.87 bits per heavy atom. The number of para-hydroxylation sites is 1. The smallest absolute Gasteiger partial charge is 0.220 e. The Morgan fingerprint density at radius 3 is 2.57 bits per heavy atom. The summed E-state index contributed by atoms with van der Waals surface area (Å²) in [6.07, 6.45) is 1.18. The van der Waals surface area contributed by atoms with Crippen molar-refractivity contribution in [2.24, 2.45) is 0 Å². The molecule has 1 N–H and O–H groups in total. The number of nitrogens with one attached hydrogen (secondary N) is 1. The van der Waals surface area contributed by atoms with Gasteiger partial charge in [-0.15, -0.1) is 0 Å². The second-order valence-corrected chi connectivity index (χ2v) is 5.91. The standard InChI is InChI=1S/C20H25NO2/c1-15-11-12-19(16(2)14-15)17(3)21-20(22)10-7-13-23-18-8-5-4-6-9-18/h4-6,8-9,11-12,14,17H,7,10,13H2,1-3H3,(H,21,22)/t17-/m1/s1. The van der Waals surface area contributed by atoms with Gasteiger partial charge in [0.25, 0.3) is 0 Å². The third-order valence-electron chi connectivity index (χ3n) is 3.83. The molecule has 3 heteroatoms. The minimum atomic E-state index is 0.0261. The van der Waals surface area contributed by atoms with Crippen LogP contribution in [0, 0.1) is 13.8 Å². The van der Waals surface area contributed by atoms with E-state index >= 15 is 0 Å². The van der Waals surface area contributed by atoms with Crippen LogP contribution in [0.5, 0.6) is 5.75 Å². The number of hydrogen-bond donors (Lipinski definition) is 1. The molecule has 122 valence electrons. The number of hydrogen-bond acceptors (Lipinski definition) is 2.